The minimum Gasteiger partial charge on any atom is -0.317 e. The molecule has 0 unspecified atom stereocenters. The molecular weight excluding hydrogens is 345 g/mol. The standard InChI is InChI=1S/C18H19F3N4O/c1-13-4-6-14(7-5-13)23-17(26)25-11-9-24(10-12-25)16-15(18(19,20)21)3-2-8-22-16/h2-8H,9-12H2,1H3,(H,23,26)/p+1. The lowest BCUT2D eigenvalue weighted by Crippen LogP contribution is -2.51. The number of piperazine rings is 1. The fraction of sp³-hybridized carbons (Fsp3) is 0.333. The molecule has 1 aliphatic rings. The number of aryl methyl sites for hydroxylation is 1. The number of nitrogens with zero attached hydrogens (tertiary/aromatic N) is 2. The molecule has 0 aliphatic carbocycles. The summed E-state index contributed by atoms with van der Waals surface area (Å²) in [6.07, 6.45) is -2.95. The monoisotopic (exact) mass is 365 g/mol. The molecule has 138 valence electrons. The average molecular weight is 365 g/mol. The first-order valence-electron chi connectivity index (χ1n) is 8.30. The van der Waals surface area contributed by atoms with Gasteiger partial charge in [0.05, 0.1) is 19.3 Å². The number of aromatic amines is 1. The number of pyridine rings is 1. The highest BCUT2D eigenvalue weighted by molar-refractivity contribution is 5.89. The summed E-state index contributed by atoms with van der Waals surface area (Å²) < 4.78 is 39.5. The van der Waals surface area contributed by atoms with Gasteiger partial charge in [0, 0.05) is 5.69 Å². The van der Waals surface area contributed by atoms with Gasteiger partial charge < -0.3 is 10.2 Å². The fourth-order valence-electron chi connectivity index (χ4n) is 2.89. The molecule has 0 radical (unpaired) electrons. The van der Waals surface area contributed by atoms with Gasteiger partial charge in [0.1, 0.15) is 18.7 Å². The van der Waals surface area contributed by atoms with Crippen molar-refractivity contribution in [3.8, 4) is 0 Å². The number of carbonyl (C=O) groups is 1. The van der Waals surface area contributed by atoms with Gasteiger partial charge in [-0.1, -0.05) is 17.7 Å². The van der Waals surface area contributed by atoms with Crippen molar-refractivity contribution in [1.82, 2.24) is 4.90 Å². The minimum absolute atomic E-state index is 0.0404. The summed E-state index contributed by atoms with van der Waals surface area (Å²) in [5.74, 6) is 0.0404. The van der Waals surface area contributed by atoms with E-state index >= 15 is 0 Å². The average Bonchev–Trinajstić information content (AvgIpc) is 2.63. The minimum atomic E-state index is -4.42. The number of hydrogen-bond donors (Lipinski definition) is 1. The van der Waals surface area contributed by atoms with Crippen molar-refractivity contribution in [3.05, 3.63) is 53.7 Å². The van der Waals surface area contributed by atoms with Gasteiger partial charge >= 0.3 is 12.2 Å². The number of nitrogens with one attached hydrogen (secondary N) is 2. The van der Waals surface area contributed by atoms with E-state index in [1.807, 2.05) is 31.2 Å². The molecule has 0 saturated carbocycles. The van der Waals surface area contributed by atoms with Crippen molar-refractivity contribution in [1.29, 1.82) is 0 Å². The van der Waals surface area contributed by atoms with Crippen LogP contribution in [0.1, 0.15) is 11.1 Å². The molecule has 3 rings (SSSR count). The van der Waals surface area contributed by atoms with Crippen molar-refractivity contribution in [2.45, 2.75) is 13.1 Å². The molecule has 1 aliphatic heterocycles. The van der Waals surface area contributed by atoms with Crippen LogP contribution >= 0.6 is 0 Å². The highest BCUT2D eigenvalue weighted by Crippen LogP contribution is 2.34. The van der Waals surface area contributed by atoms with E-state index in [9.17, 15) is 18.0 Å². The van der Waals surface area contributed by atoms with Gasteiger partial charge in [-0.05, 0) is 31.2 Å². The van der Waals surface area contributed by atoms with E-state index < -0.39 is 11.7 Å². The number of hydrogen-bond acceptors (Lipinski definition) is 2. The van der Waals surface area contributed by atoms with Gasteiger partial charge in [-0.3, -0.25) is 4.90 Å². The molecule has 2 N–H and O–H groups in total. The molecule has 0 atom stereocenters. The third kappa shape index (κ3) is 4.07. The lowest BCUT2D eigenvalue weighted by Gasteiger charge is -2.31. The SMILES string of the molecule is Cc1ccc(NC(=O)N2CCN(c3[nH+]cccc3C(F)(F)F)CC2)cc1. The van der Waals surface area contributed by atoms with Crippen LogP contribution in [0.4, 0.5) is 29.5 Å². The molecule has 0 spiro atoms. The predicted molar refractivity (Wildman–Crippen MR) is 92.0 cm³/mol. The second-order valence-corrected chi connectivity index (χ2v) is 6.20. The molecule has 1 fully saturated rings. The zero-order valence-electron chi connectivity index (χ0n) is 14.3. The smallest absolute Gasteiger partial charge is 0.317 e. The lowest BCUT2D eigenvalue weighted by atomic mass is 10.2. The van der Waals surface area contributed by atoms with Gasteiger partial charge in [-0.2, -0.15) is 13.2 Å². The molecule has 8 heteroatoms. The van der Waals surface area contributed by atoms with Crippen molar-refractivity contribution in [2.24, 2.45) is 0 Å². The Morgan fingerprint density at radius 3 is 2.35 bits per heavy atom. The highest BCUT2D eigenvalue weighted by Gasteiger charge is 2.40. The molecule has 5 nitrogen and oxygen atoms in total. The van der Waals surface area contributed by atoms with E-state index in [4.69, 9.17) is 0 Å². The summed E-state index contributed by atoms with van der Waals surface area (Å²) in [4.78, 5) is 18.2. The molecule has 1 aromatic heterocycles. The Labute approximate surface area is 149 Å². The number of urea groups is 1. The van der Waals surface area contributed by atoms with Crippen LogP contribution in [0.3, 0.4) is 0 Å². The third-order valence-electron chi connectivity index (χ3n) is 4.33. The summed E-state index contributed by atoms with van der Waals surface area (Å²) in [5, 5.41) is 2.81. The summed E-state index contributed by atoms with van der Waals surface area (Å²) in [7, 11) is 0. The van der Waals surface area contributed by atoms with Gasteiger partial charge in [0.15, 0.2) is 0 Å². The molecule has 1 aromatic carbocycles. The summed E-state index contributed by atoms with van der Waals surface area (Å²) >= 11 is 0. The Kier molecular flexibility index (Phi) is 5.01. The number of carbonyl (C=O) groups excluding carboxylic acids is 1. The Bertz CT molecular complexity index is 769. The summed E-state index contributed by atoms with van der Waals surface area (Å²) in [6, 6.07) is 9.58. The first-order chi connectivity index (χ1) is 12.3. The third-order valence-corrected chi connectivity index (χ3v) is 4.33. The van der Waals surface area contributed by atoms with Crippen LogP contribution in [-0.4, -0.2) is 37.1 Å². The van der Waals surface area contributed by atoms with E-state index in [0.29, 0.717) is 31.9 Å². The van der Waals surface area contributed by atoms with Crippen LogP contribution in [0.15, 0.2) is 42.6 Å². The van der Waals surface area contributed by atoms with Gasteiger partial charge in [-0.25, -0.2) is 9.78 Å². The fourth-order valence-corrected chi connectivity index (χ4v) is 2.89. The van der Waals surface area contributed by atoms with E-state index in [-0.39, 0.29) is 11.8 Å². The maximum atomic E-state index is 13.2. The van der Waals surface area contributed by atoms with Crippen LogP contribution in [0.5, 0.6) is 0 Å². The van der Waals surface area contributed by atoms with Crippen molar-refractivity contribution >= 4 is 17.5 Å². The van der Waals surface area contributed by atoms with Crippen molar-refractivity contribution in [2.75, 3.05) is 36.4 Å². The Hall–Kier alpha value is -2.77. The maximum absolute atomic E-state index is 13.2. The van der Waals surface area contributed by atoms with Gasteiger partial charge in [0.25, 0.3) is 5.82 Å². The topological polar surface area (TPSA) is 49.7 Å². The second kappa shape index (κ2) is 7.23. The van der Waals surface area contributed by atoms with Crippen LogP contribution in [0, 0.1) is 6.92 Å². The van der Waals surface area contributed by atoms with Crippen LogP contribution in [0.25, 0.3) is 0 Å². The number of anilines is 2. The largest absolute Gasteiger partial charge is 0.424 e. The quantitative estimate of drug-likeness (QED) is 0.889. The Morgan fingerprint density at radius 2 is 1.73 bits per heavy atom. The zero-order chi connectivity index (χ0) is 18.7. The first kappa shape index (κ1) is 18.0. The van der Waals surface area contributed by atoms with Crippen molar-refractivity contribution in [3.63, 3.8) is 0 Å². The molecule has 2 amide bonds. The normalized spacial score (nSPS) is 15.1. The molecule has 0 bridgehead atoms. The van der Waals surface area contributed by atoms with E-state index in [1.165, 1.54) is 12.3 Å². The first-order valence-corrected chi connectivity index (χ1v) is 8.30. The highest BCUT2D eigenvalue weighted by atomic mass is 19.4. The molecule has 1 saturated heterocycles. The lowest BCUT2D eigenvalue weighted by molar-refractivity contribution is -0.367. The Balaban J connectivity index is 1.63. The van der Waals surface area contributed by atoms with E-state index in [0.717, 1.165) is 11.6 Å². The molecule has 2 aromatic rings. The van der Waals surface area contributed by atoms with Crippen molar-refractivity contribution < 1.29 is 22.9 Å². The van der Waals surface area contributed by atoms with Crippen LogP contribution < -0.4 is 15.2 Å². The molecule has 2 heterocycles. The molecule has 26 heavy (non-hydrogen) atoms. The van der Waals surface area contributed by atoms with E-state index in [1.54, 1.807) is 9.80 Å². The number of benzene rings is 1. The van der Waals surface area contributed by atoms with Gasteiger partial charge in [-0.15, -0.1) is 0 Å². The van der Waals surface area contributed by atoms with Gasteiger partial charge in [0.2, 0.25) is 0 Å². The number of amides is 2. The molecular formula is C18H20F3N4O+. The maximum Gasteiger partial charge on any atom is 0.424 e. The summed E-state index contributed by atoms with van der Waals surface area (Å²) in [6.45, 7) is 3.30. The van der Waals surface area contributed by atoms with Crippen LogP contribution in [-0.2, 0) is 6.18 Å². The van der Waals surface area contributed by atoms with Crippen LogP contribution in [0.2, 0.25) is 0 Å². The summed E-state index contributed by atoms with van der Waals surface area (Å²) in [5.41, 5.74) is 1.09. The number of H-pyrrole nitrogens is 1. The zero-order valence-corrected chi connectivity index (χ0v) is 14.3. The predicted octanol–water partition coefficient (Wildman–Crippen LogP) is 3.18. The number of halogens is 3. The number of aromatic nitrogens is 1. The number of rotatable bonds is 2. The second-order valence-electron chi connectivity index (χ2n) is 6.20. The Morgan fingerprint density at radius 1 is 1.08 bits per heavy atom. The van der Waals surface area contributed by atoms with E-state index in [2.05, 4.69) is 10.3 Å². The number of alkyl halides is 3.